The summed E-state index contributed by atoms with van der Waals surface area (Å²) in [6.07, 6.45) is 1.55. The van der Waals surface area contributed by atoms with Crippen molar-refractivity contribution in [2.45, 2.75) is 6.92 Å². The highest BCUT2D eigenvalue weighted by Crippen LogP contribution is 2.22. The Hall–Kier alpha value is -0.390. The summed E-state index contributed by atoms with van der Waals surface area (Å²) in [7, 11) is 0. The molecule has 0 spiro atoms. The molecule has 0 aliphatic carbocycles. The zero-order chi connectivity index (χ0) is 10.4. The lowest BCUT2D eigenvalue weighted by Crippen LogP contribution is -2.07. The minimum absolute atomic E-state index is 0.166. The summed E-state index contributed by atoms with van der Waals surface area (Å²) in [6, 6.07) is 0. The molecule has 0 radical (unpaired) electrons. The van der Waals surface area contributed by atoms with E-state index >= 15 is 0 Å². The van der Waals surface area contributed by atoms with Crippen molar-refractivity contribution in [2.75, 3.05) is 19.8 Å². The lowest BCUT2D eigenvalue weighted by atomic mass is 10.6. The molecule has 1 aromatic rings. The highest BCUT2D eigenvalue weighted by molar-refractivity contribution is 9.10. The molecule has 0 saturated carbocycles. The first-order valence-electron chi connectivity index (χ1n) is 4.12. The van der Waals surface area contributed by atoms with Gasteiger partial charge in [0.15, 0.2) is 0 Å². The first kappa shape index (κ1) is 11.7. The highest BCUT2D eigenvalue weighted by Gasteiger charge is 2.04. The van der Waals surface area contributed by atoms with E-state index in [9.17, 15) is 0 Å². The maximum Gasteiger partial charge on any atom is 0.232 e. The lowest BCUT2D eigenvalue weighted by Gasteiger charge is -2.06. The Morgan fingerprint density at radius 3 is 3.00 bits per heavy atom. The number of ether oxygens (including phenoxy) is 2. The molecule has 0 atom stereocenters. The van der Waals surface area contributed by atoms with Gasteiger partial charge in [0.1, 0.15) is 6.61 Å². The van der Waals surface area contributed by atoms with Crippen molar-refractivity contribution in [3.05, 3.63) is 16.0 Å². The maximum atomic E-state index is 5.60. The first-order chi connectivity index (χ1) is 6.74. The normalized spacial score (nSPS) is 10.2. The van der Waals surface area contributed by atoms with Gasteiger partial charge in [0.25, 0.3) is 0 Å². The van der Waals surface area contributed by atoms with Gasteiger partial charge in [-0.3, -0.25) is 0 Å². The second kappa shape index (κ2) is 6.16. The summed E-state index contributed by atoms with van der Waals surface area (Å²) in [6.45, 7) is 3.58. The van der Waals surface area contributed by atoms with E-state index in [0.29, 0.717) is 30.2 Å². The smallest absolute Gasteiger partial charge is 0.232 e. The fourth-order valence-electron chi connectivity index (χ4n) is 0.774. The minimum Gasteiger partial charge on any atom is -0.474 e. The van der Waals surface area contributed by atoms with Crippen LogP contribution in [0.15, 0.2) is 10.7 Å². The molecule has 0 aliphatic heterocycles. The molecule has 1 heterocycles. The summed E-state index contributed by atoms with van der Waals surface area (Å²) in [5, 5.41) is 0.166. The second-order valence-corrected chi connectivity index (χ2v) is 3.53. The Labute approximate surface area is 95.7 Å². The molecule has 0 amide bonds. The molecule has 0 aliphatic rings. The maximum absolute atomic E-state index is 5.60. The van der Waals surface area contributed by atoms with Crippen LogP contribution in [0.1, 0.15) is 6.92 Å². The zero-order valence-electron chi connectivity index (χ0n) is 7.67. The van der Waals surface area contributed by atoms with Gasteiger partial charge >= 0.3 is 0 Å². The molecular weight excluding hydrogens is 271 g/mol. The average Bonchev–Trinajstić information content (AvgIpc) is 2.18. The van der Waals surface area contributed by atoms with E-state index in [1.165, 1.54) is 0 Å². The van der Waals surface area contributed by atoms with Gasteiger partial charge in [-0.05, 0) is 34.5 Å². The van der Waals surface area contributed by atoms with E-state index in [1.807, 2.05) is 6.92 Å². The molecule has 6 heteroatoms. The van der Waals surface area contributed by atoms with Gasteiger partial charge < -0.3 is 9.47 Å². The first-order valence-corrected chi connectivity index (χ1v) is 5.29. The van der Waals surface area contributed by atoms with Crippen molar-refractivity contribution < 1.29 is 9.47 Å². The van der Waals surface area contributed by atoms with Crippen molar-refractivity contribution in [3.8, 4) is 5.88 Å². The van der Waals surface area contributed by atoms with Crippen LogP contribution in [0.5, 0.6) is 5.88 Å². The Morgan fingerprint density at radius 2 is 2.29 bits per heavy atom. The highest BCUT2D eigenvalue weighted by atomic mass is 79.9. The van der Waals surface area contributed by atoms with Gasteiger partial charge in [-0.1, -0.05) is 0 Å². The molecule has 1 aromatic heterocycles. The molecule has 0 fully saturated rings. The molecule has 1 rings (SSSR count). The molecule has 0 bridgehead atoms. The van der Waals surface area contributed by atoms with Crippen molar-refractivity contribution in [1.82, 2.24) is 9.97 Å². The second-order valence-electron chi connectivity index (χ2n) is 2.34. The lowest BCUT2D eigenvalue weighted by molar-refractivity contribution is 0.108. The van der Waals surface area contributed by atoms with Crippen LogP contribution in [0.2, 0.25) is 5.28 Å². The number of hydrogen-bond acceptors (Lipinski definition) is 4. The Morgan fingerprint density at radius 1 is 1.50 bits per heavy atom. The molecule has 78 valence electrons. The molecule has 0 unspecified atom stereocenters. The van der Waals surface area contributed by atoms with Crippen molar-refractivity contribution in [3.63, 3.8) is 0 Å². The van der Waals surface area contributed by atoms with E-state index in [4.69, 9.17) is 21.1 Å². The number of aromatic nitrogens is 2. The zero-order valence-corrected chi connectivity index (χ0v) is 10.0. The number of nitrogens with zero attached hydrogens (tertiary/aromatic N) is 2. The summed E-state index contributed by atoms with van der Waals surface area (Å²) in [4.78, 5) is 7.68. The summed E-state index contributed by atoms with van der Waals surface area (Å²) in [5.41, 5.74) is 0. The summed E-state index contributed by atoms with van der Waals surface area (Å²) in [5.74, 6) is 0.435. The van der Waals surface area contributed by atoms with E-state index in [1.54, 1.807) is 6.20 Å². The van der Waals surface area contributed by atoms with E-state index in [-0.39, 0.29) is 5.28 Å². The monoisotopic (exact) mass is 280 g/mol. The Balaban J connectivity index is 2.45. The standard InChI is InChI=1S/C8H10BrClN2O2/c1-2-13-3-4-14-7-6(9)5-11-8(10)12-7/h5H,2-4H2,1H3. The summed E-state index contributed by atoms with van der Waals surface area (Å²) >= 11 is 8.85. The molecule has 14 heavy (non-hydrogen) atoms. The van der Waals surface area contributed by atoms with Crippen LogP contribution in [-0.4, -0.2) is 29.8 Å². The van der Waals surface area contributed by atoms with Crippen molar-refractivity contribution in [2.24, 2.45) is 0 Å². The van der Waals surface area contributed by atoms with Crippen LogP contribution in [0.4, 0.5) is 0 Å². The van der Waals surface area contributed by atoms with Crippen LogP contribution in [0.3, 0.4) is 0 Å². The third-order valence-electron chi connectivity index (χ3n) is 1.35. The molecule has 0 N–H and O–H groups in total. The SMILES string of the molecule is CCOCCOc1nc(Cl)ncc1Br. The third kappa shape index (κ3) is 3.77. The molecule has 0 aromatic carbocycles. The molecular formula is C8H10BrClN2O2. The van der Waals surface area contributed by atoms with Gasteiger partial charge in [0.2, 0.25) is 11.2 Å². The van der Waals surface area contributed by atoms with Gasteiger partial charge in [-0.2, -0.15) is 4.98 Å². The number of rotatable bonds is 5. The molecule has 0 saturated heterocycles. The van der Waals surface area contributed by atoms with Gasteiger partial charge in [0.05, 0.1) is 11.1 Å². The Kier molecular flexibility index (Phi) is 5.14. The largest absolute Gasteiger partial charge is 0.474 e. The van der Waals surface area contributed by atoms with Gasteiger partial charge in [-0.15, -0.1) is 0 Å². The predicted octanol–water partition coefficient (Wildman–Crippen LogP) is 2.31. The number of halogens is 2. The van der Waals surface area contributed by atoms with Crippen LogP contribution >= 0.6 is 27.5 Å². The average molecular weight is 282 g/mol. The third-order valence-corrected chi connectivity index (χ3v) is 2.08. The summed E-state index contributed by atoms with van der Waals surface area (Å²) < 4.78 is 11.1. The van der Waals surface area contributed by atoms with E-state index < -0.39 is 0 Å². The van der Waals surface area contributed by atoms with Crippen LogP contribution in [0, 0.1) is 0 Å². The van der Waals surface area contributed by atoms with Gasteiger partial charge in [-0.25, -0.2) is 4.98 Å². The van der Waals surface area contributed by atoms with Gasteiger partial charge in [0, 0.05) is 12.8 Å². The topological polar surface area (TPSA) is 44.2 Å². The molecule has 4 nitrogen and oxygen atoms in total. The Bertz CT molecular complexity index is 299. The van der Waals surface area contributed by atoms with Crippen LogP contribution < -0.4 is 4.74 Å². The fourth-order valence-corrected chi connectivity index (χ4v) is 1.21. The fraction of sp³-hybridized carbons (Fsp3) is 0.500. The van der Waals surface area contributed by atoms with Crippen LogP contribution in [0.25, 0.3) is 0 Å². The predicted molar refractivity (Wildman–Crippen MR) is 56.7 cm³/mol. The van der Waals surface area contributed by atoms with Crippen molar-refractivity contribution >= 4 is 27.5 Å². The van der Waals surface area contributed by atoms with E-state index in [0.717, 1.165) is 0 Å². The van der Waals surface area contributed by atoms with Crippen LogP contribution in [-0.2, 0) is 4.74 Å². The van der Waals surface area contributed by atoms with Crippen molar-refractivity contribution in [1.29, 1.82) is 0 Å². The van der Waals surface area contributed by atoms with E-state index in [2.05, 4.69) is 25.9 Å². The number of hydrogen-bond donors (Lipinski definition) is 0. The minimum atomic E-state index is 0.166. The quantitative estimate of drug-likeness (QED) is 0.614.